The van der Waals surface area contributed by atoms with Crippen molar-refractivity contribution in [3.63, 3.8) is 0 Å². The molecule has 0 atom stereocenters. The van der Waals surface area contributed by atoms with Crippen LogP contribution in [-0.2, 0) is 64.8 Å². The number of aromatic hydroxyl groups is 1. The maximum absolute atomic E-state index is 14.2. The minimum absolute atomic E-state index is 0. The van der Waals surface area contributed by atoms with Gasteiger partial charge in [-0.3, -0.25) is 19.2 Å². The van der Waals surface area contributed by atoms with Crippen LogP contribution in [-0.4, -0.2) is 128 Å². The summed E-state index contributed by atoms with van der Waals surface area (Å²) in [5, 5.41) is 27.0. The van der Waals surface area contributed by atoms with Crippen LogP contribution in [0.25, 0.3) is 33.1 Å². The number of nitrogens with one attached hydrogen (secondary N) is 5. The van der Waals surface area contributed by atoms with Gasteiger partial charge in [-0.25, -0.2) is 24.1 Å². The number of aromatic nitrogens is 6. The number of hydrogen-bond acceptors (Lipinski definition) is 14. The van der Waals surface area contributed by atoms with Crippen molar-refractivity contribution in [2.75, 3.05) is 73.6 Å². The minimum Gasteiger partial charge on any atom is -0.508 e. The number of alkyl carbamates (subject to hydrolysis) is 1. The molecule has 0 aliphatic carbocycles. The first-order chi connectivity index (χ1) is 56.8. The number of benzene rings is 7. The van der Waals surface area contributed by atoms with Crippen LogP contribution in [0.1, 0.15) is 212 Å². The number of carbonyl (C=O) groups excluding carboxylic acids is 5. The zero-order valence-corrected chi connectivity index (χ0v) is 75.8. The lowest BCUT2D eigenvalue weighted by molar-refractivity contribution is 0.0522. The van der Waals surface area contributed by atoms with Gasteiger partial charge < -0.3 is 70.6 Å². The fraction of sp³-hybridized carbons (Fsp3) is 0.444. The van der Waals surface area contributed by atoms with Gasteiger partial charge in [0.25, 0.3) is 23.6 Å². The van der Waals surface area contributed by atoms with Crippen LogP contribution < -0.4 is 47.0 Å². The molecule has 8 N–H and O–H groups in total. The van der Waals surface area contributed by atoms with E-state index in [0.717, 1.165) is 182 Å². The predicted molar refractivity (Wildman–Crippen MR) is 487 cm³/mol. The van der Waals surface area contributed by atoms with E-state index in [1.807, 2.05) is 95.2 Å². The van der Waals surface area contributed by atoms with E-state index in [1.54, 1.807) is 24.3 Å². The summed E-state index contributed by atoms with van der Waals surface area (Å²) in [6, 6.07) is 26.0. The Morgan fingerprint density at radius 3 is 1.10 bits per heavy atom. The quantitative estimate of drug-likeness (QED) is 0.0297. The molecule has 0 bridgehead atoms. The Kier molecular flexibility index (Phi) is 32.6. The van der Waals surface area contributed by atoms with E-state index >= 15 is 0 Å². The zero-order chi connectivity index (χ0) is 85.8. The van der Waals surface area contributed by atoms with Crippen LogP contribution in [0.2, 0.25) is 30.1 Å². The zero-order valence-electron chi connectivity index (χ0n) is 70.4. The van der Waals surface area contributed by atoms with E-state index in [-0.39, 0.29) is 54.5 Å². The Morgan fingerprint density at radius 2 is 0.783 bits per heavy atom. The van der Waals surface area contributed by atoms with Crippen molar-refractivity contribution in [1.29, 1.82) is 0 Å². The van der Waals surface area contributed by atoms with Crippen LogP contribution in [0.4, 0.5) is 26.2 Å². The summed E-state index contributed by atoms with van der Waals surface area (Å²) in [4.78, 5) is 86.0. The topological polar surface area (TPSA) is 264 Å². The molecule has 13 rings (SSSR count). The van der Waals surface area contributed by atoms with E-state index in [9.17, 15) is 33.5 Å². The number of ether oxygens (including phenoxy) is 1. The van der Waals surface area contributed by atoms with Crippen LogP contribution >= 0.6 is 82.0 Å². The summed E-state index contributed by atoms with van der Waals surface area (Å²) in [5.74, 6) is 2.39. The molecule has 3 aliphatic rings. The number of phenolic OH excluding ortho intramolecular Hbond substituents is 1. The van der Waals surface area contributed by atoms with Gasteiger partial charge in [0.05, 0.1) is 87.5 Å². The summed E-state index contributed by atoms with van der Waals surface area (Å²) in [6.07, 6.45) is 9.85. The van der Waals surface area contributed by atoms with Gasteiger partial charge in [0, 0.05) is 140 Å². The van der Waals surface area contributed by atoms with Gasteiger partial charge in [0.1, 0.15) is 34.6 Å². The smallest absolute Gasteiger partial charge is 0.407 e. The van der Waals surface area contributed by atoms with Gasteiger partial charge in [0.15, 0.2) is 0 Å². The van der Waals surface area contributed by atoms with E-state index in [2.05, 4.69) is 91.7 Å². The molecule has 3 saturated heterocycles. The molecule has 3 aliphatic heterocycles. The van der Waals surface area contributed by atoms with Crippen molar-refractivity contribution in [2.24, 2.45) is 44.6 Å². The van der Waals surface area contributed by atoms with Gasteiger partial charge in [-0.2, -0.15) is 0 Å². The second-order valence-corrected chi connectivity index (χ2v) is 34.9. The molecule has 5 amide bonds. The summed E-state index contributed by atoms with van der Waals surface area (Å²) >= 11 is 39.9. The highest BCUT2D eigenvalue weighted by Crippen LogP contribution is 2.40. The number of anilines is 3. The Hall–Kier alpha value is -8.78. The number of aryl methyl sites for hydroxylation is 3. The average molecular weight is 1780 g/mol. The summed E-state index contributed by atoms with van der Waals surface area (Å²) in [6.45, 7) is 26.3. The Bertz CT molecular complexity index is 5370. The van der Waals surface area contributed by atoms with Gasteiger partial charge in [-0.05, 0) is 196 Å². The highest BCUT2D eigenvalue weighted by atomic mass is 35.5. The lowest BCUT2D eigenvalue weighted by Gasteiger charge is -2.33. The van der Waals surface area contributed by atoms with E-state index in [4.69, 9.17) is 95.0 Å². The highest BCUT2D eigenvalue weighted by Gasteiger charge is 2.30. The third-order valence-corrected chi connectivity index (χ3v) is 24.9. The highest BCUT2D eigenvalue weighted by molar-refractivity contribution is 6.38. The third kappa shape index (κ3) is 22.5. The van der Waals surface area contributed by atoms with Crippen LogP contribution in [0.15, 0.2) is 91.0 Å². The fourth-order valence-electron chi connectivity index (χ4n) is 15.2. The first kappa shape index (κ1) is 93.5. The molecule has 10 aromatic rings. The summed E-state index contributed by atoms with van der Waals surface area (Å²) in [7, 11) is 5.90. The second-order valence-electron chi connectivity index (χ2n) is 32.5. The standard InChI is InChI=1S/C33H36Cl2FN5O3.C31H41Cl2N5O3.C26H33Cl2N5O.ClH/c1-4-11-37-33(44)24-15-27-29(17-28(24)41-12-9-19(2)10-13-41)40(3)30(39-27)16-23-25(34)8-5-20(31(23)35)18-38-32(43)22-7-6-21(42)14-26(22)36;1-7-12-34-29(39)22-15-24-26(17-25(22)38-13-10-19(2)11-14-38)37(6)27(36-24)16-21-23(32)9-8-20(28(21)33)18-35-30(40)41-31(3,4)5;1-4-9-30-26(34)19-12-21-23(14-22(19)33-10-7-16(2)8-11-33)32(3)24(31-21)13-18-20(27)6-5-17(15-29)25(18)28;/h5-8,14-15,17,19,42H,4,9-13,16,18H2,1-3H3,(H,37,44)(H,38,43);8-9,15,17,19H,7,10-14,16,18H2,1-6H3,(H,34,39)(H,35,40);5-6,12,14,16H,4,7-11,13,15,29H2,1-3H3,(H,30,34);1H. The number of fused-ring (bicyclic) bond motifs is 3. The number of imidazole rings is 3. The first-order valence-corrected chi connectivity index (χ1v) is 43.4. The fourth-order valence-corrected chi connectivity index (χ4v) is 16.9. The molecule has 3 fully saturated rings. The molecule has 0 spiro atoms. The summed E-state index contributed by atoms with van der Waals surface area (Å²) in [5.41, 5.74) is 19.3. The largest absolute Gasteiger partial charge is 0.508 e. The van der Waals surface area contributed by atoms with Crippen LogP contribution in [0, 0.1) is 23.6 Å². The van der Waals surface area contributed by atoms with Crippen molar-refractivity contribution in [1.82, 2.24) is 55.2 Å². The molecule has 22 nitrogen and oxygen atoms in total. The van der Waals surface area contributed by atoms with E-state index < -0.39 is 23.4 Å². The third-order valence-electron chi connectivity index (χ3n) is 22.5. The molecule has 30 heteroatoms. The van der Waals surface area contributed by atoms with Crippen molar-refractivity contribution in [3.8, 4) is 5.75 Å². The second kappa shape index (κ2) is 41.9. The molecule has 0 unspecified atom stereocenters. The molecular weight excluding hydrogens is 1670 g/mol. The number of nitrogens with zero attached hydrogens (tertiary/aromatic N) is 9. The molecular formula is C90H111Cl7FN15O7. The maximum Gasteiger partial charge on any atom is 0.407 e. The molecule has 0 radical (unpaired) electrons. The van der Waals surface area contributed by atoms with Crippen molar-refractivity contribution in [3.05, 3.63) is 200 Å². The van der Waals surface area contributed by atoms with Crippen molar-refractivity contribution in [2.45, 2.75) is 165 Å². The molecule has 3 aromatic heterocycles. The predicted octanol–water partition coefficient (Wildman–Crippen LogP) is 19.2. The number of amides is 5. The normalized spacial score (nSPS) is 14.2. The Morgan fingerprint density at radius 1 is 0.467 bits per heavy atom. The van der Waals surface area contributed by atoms with Gasteiger partial charge in [-0.1, -0.05) is 129 Å². The molecule has 0 saturated carbocycles. The SMILES string of the molecule is CCCNC(=O)c1cc2nc(Cc3c(Cl)ccc(CN)c3Cl)n(C)c2cc1N1CCC(C)CC1.CCCNC(=O)c1cc2nc(Cc3c(Cl)ccc(CNC(=O)OC(C)(C)C)c3Cl)n(C)c2cc1N1CCC(C)CC1.CCCNC(=O)c1cc2nc(Cc3c(Cl)ccc(CNC(=O)c4ccc(O)cc4F)c3Cl)n(C)c2cc1N1CCC(C)CC1.Cl. The maximum atomic E-state index is 14.2. The van der Waals surface area contributed by atoms with Crippen molar-refractivity contribution < 1.29 is 38.2 Å². The minimum atomic E-state index is -0.823. The van der Waals surface area contributed by atoms with Gasteiger partial charge >= 0.3 is 6.09 Å². The van der Waals surface area contributed by atoms with Gasteiger partial charge in [-0.15, -0.1) is 12.4 Å². The van der Waals surface area contributed by atoms with Crippen molar-refractivity contribution >= 4 is 162 Å². The van der Waals surface area contributed by atoms with E-state index in [1.165, 1.54) is 12.1 Å². The van der Waals surface area contributed by atoms with Crippen LogP contribution in [0.3, 0.4) is 0 Å². The molecule has 120 heavy (non-hydrogen) atoms. The lowest BCUT2D eigenvalue weighted by Crippen LogP contribution is -2.35. The van der Waals surface area contributed by atoms with Crippen LogP contribution in [0.5, 0.6) is 5.75 Å². The lowest BCUT2D eigenvalue weighted by atomic mass is 9.97. The first-order valence-electron chi connectivity index (χ1n) is 41.2. The monoisotopic (exact) mass is 1780 g/mol. The number of carbonyl (C=O) groups is 5. The number of nitrogens with two attached hydrogens (primary N) is 1. The Labute approximate surface area is 738 Å². The molecule has 644 valence electrons. The average Bonchev–Trinajstić information content (AvgIpc) is 1.62. The van der Waals surface area contributed by atoms with E-state index in [0.29, 0.717) is 132 Å². The molecule has 6 heterocycles. The molecule has 7 aromatic carbocycles. The number of phenols is 1. The number of halogens is 8. The number of rotatable bonds is 24. The Balaban J connectivity index is 0.000000190. The number of piperidine rings is 3. The number of hydrogen-bond donors (Lipinski definition) is 7. The summed E-state index contributed by atoms with van der Waals surface area (Å²) < 4.78 is 25.6. The van der Waals surface area contributed by atoms with Gasteiger partial charge in [0.2, 0.25) is 0 Å².